The number of rotatable bonds is 9. The zero-order valence-corrected chi connectivity index (χ0v) is 25.4. The molecule has 0 saturated heterocycles. The van der Waals surface area contributed by atoms with Crippen molar-refractivity contribution >= 4 is 34.5 Å². The third kappa shape index (κ3) is 5.49. The lowest BCUT2D eigenvalue weighted by Crippen LogP contribution is -2.38. The Kier molecular flexibility index (Phi) is 7.76. The molecule has 1 aliphatic rings. The molecule has 3 N–H and O–H groups in total. The number of benzene rings is 4. The van der Waals surface area contributed by atoms with E-state index in [4.69, 9.17) is 5.10 Å². The van der Waals surface area contributed by atoms with E-state index in [1.54, 1.807) is 6.20 Å². The third-order valence-electron chi connectivity index (χ3n) is 8.54. The van der Waals surface area contributed by atoms with Crippen LogP contribution >= 0.6 is 0 Å². The zero-order valence-electron chi connectivity index (χ0n) is 25.4. The molecule has 0 bridgehead atoms. The highest BCUT2D eigenvalue weighted by Crippen LogP contribution is 2.44. The normalized spacial score (nSPS) is 13.6. The van der Waals surface area contributed by atoms with E-state index in [-0.39, 0.29) is 23.9 Å². The summed E-state index contributed by atoms with van der Waals surface area (Å²) in [6, 6.07) is 41.7. The molecular formula is C38H34N6O2. The molecule has 1 atom stereocenters. The molecule has 1 unspecified atom stereocenters. The number of pyridine rings is 1. The first-order valence-corrected chi connectivity index (χ1v) is 15.5. The van der Waals surface area contributed by atoms with Gasteiger partial charge in [-0.15, -0.1) is 0 Å². The Bertz CT molecular complexity index is 1880. The summed E-state index contributed by atoms with van der Waals surface area (Å²) in [6.45, 7) is 1.93. The van der Waals surface area contributed by atoms with Gasteiger partial charge in [0.2, 0.25) is 5.91 Å². The Morgan fingerprint density at radius 2 is 1.28 bits per heavy atom. The number of aromatic nitrogens is 3. The van der Waals surface area contributed by atoms with Crippen molar-refractivity contribution in [3.8, 4) is 0 Å². The summed E-state index contributed by atoms with van der Waals surface area (Å²) in [5.41, 5.74) is 3.71. The monoisotopic (exact) mass is 606 g/mol. The molecule has 3 amide bonds. The first kappa shape index (κ1) is 29.0. The first-order chi connectivity index (χ1) is 22.5. The number of nitrogens with one attached hydrogen (secondary N) is 3. The second-order valence-electron chi connectivity index (χ2n) is 11.6. The topological polar surface area (TPSA) is 101 Å². The van der Waals surface area contributed by atoms with Crippen LogP contribution in [0.1, 0.15) is 48.1 Å². The Hall–Kier alpha value is -5.76. The largest absolute Gasteiger partial charge is 0.331 e. The summed E-state index contributed by atoms with van der Waals surface area (Å²) in [4.78, 5) is 30.8. The number of hydrogen-bond donors (Lipinski definition) is 3. The van der Waals surface area contributed by atoms with E-state index in [9.17, 15) is 9.59 Å². The Morgan fingerprint density at radius 1 is 0.761 bits per heavy atom. The Morgan fingerprint density at radius 3 is 1.80 bits per heavy atom. The van der Waals surface area contributed by atoms with Gasteiger partial charge >= 0.3 is 6.03 Å². The maximum atomic E-state index is 13.2. The highest BCUT2D eigenvalue weighted by molar-refractivity contribution is 6.02. The van der Waals surface area contributed by atoms with Crippen molar-refractivity contribution in [1.82, 2.24) is 20.1 Å². The molecule has 2 aromatic heterocycles. The lowest BCUT2D eigenvalue weighted by atomic mass is 9.77. The SMILES string of the molecule is CC(NC(=O)Nc1cc2c(cn1)c(NC(=O)C1CC1)nn2C(c1ccccc1)(c1ccccc1)c1ccccc1)c1ccccc1. The smallest absolute Gasteiger partial charge is 0.320 e. The van der Waals surface area contributed by atoms with Crippen LogP contribution in [0.5, 0.6) is 0 Å². The molecule has 228 valence electrons. The van der Waals surface area contributed by atoms with E-state index in [2.05, 4.69) is 57.3 Å². The van der Waals surface area contributed by atoms with E-state index in [1.807, 2.05) is 103 Å². The number of fused-ring (bicyclic) bond motifs is 1. The fourth-order valence-electron chi connectivity index (χ4n) is 6.07. The van der Waals surface area contributed by atoms with Gasteiger partial charge < -0.3 is 10.6 Å². The van der Waals surface area contributed by atoms with Crippen LogP contribution in [-0.4, -0.2) is 26.7 Å². The quantitative estimate of drug-likeness (QED) is 0.148. The fourth-order valence-corrected chi connectivity index (χ4v) is 6.07. The zero-order chi connectivity index (χ0) is 31.5. The lowest BCUT2D eigenvalue weighted by Gasteiger charge is -2.37. The molecule has 1 fully saturated rings. The van der Waals surface area contributed by atoms with Gasteiger partial charge in [0, 0.05) is 18.2 Å². The van der Waals surface area contributed by atoms with Gasteiger partial charge in [0.1, 0.15) is 11.4 Å². The highest BCUT2D eigenvalue weighted by atomic mass is 16.2. The summed E-state index contributed by atoms with van der Waals surface area (Å²) in [7, 11) is 0. The van der Waals surface area contributed by atoms with Crippen molar-refractivity contribution in [3.05, 3.63) is 156 Å². The van der Waals surface area contributed by atoms with Gasteiger partial charge in [0.15, 0.2) is 5.82 Å². The van der Waals surface area contributed by atoms with E-state index >= 15 is 0 Å². The Labute approximate surface area is 267 Å². The number of nitrogens with zero attached hydrogens (tertiary/aromatic N) is 3. The third-order valence-corrected chi connectivity index (χ3v) is 8.54. The summed E-state index contributed by atoms with van der Waals surface area (Å²) < 4.78 is 1.96. The standard InChI is InChI=1S/C38H34N6O2/c1-26(27-14-6-2-7-15-27)40-37(46)41-34-24-33-32(25-39-34)35(42-36(45)28-22-23-28)43-44(33)38(29-16-8-3-9-17-29,30-18-10-4-11-19-30)31-20-12-5-13-21-31/h2-21,24-26,28H,22-23H2,1H3,(H,42,43,45)(H2,39,40,41,46). The van der Waals surface area contributed by atoms with E-state index in [0.29, 0.717) is 22.5 Å². The molecule has 8 nitrogen and oxygen atoms in total. The van der Waals surface area contributed by atoms with Crippen LogP contribution in [-0.2, 0) is 10.3 Å². The van der Waals surface area contributed by atoms with Gasteiger partial charge in [-0.3, -0.25) is 10.1 Å². The lowest BCUT2D eigenvalue weighted by molar-refractivity contribution is -0.117. The molecule has 1 aliphatic carbocycles. The van der Waals surface area contributed by atoms with Crippen molar-refractivity contribution in [2.24, 2.45) is 5.92 Å². The van der Waals surface area contributed by atoms with Gasteiger partial charge in [-0.05, 0) is 42.0 Å². The van der Waals surface area contributed by atoms with Crippen molar-refractivity contribution in [2.45, 2.75) is 31.3 Å². The molecule has 0 radical (unpaired) electrons. The van der Waals surface area contributed by atoms with Gasteiger partial charge in [-0.25, -0.2) is 14.5 Å². The molecule has 8 heteroatoms. The molecule has 0 spiro atoms. The van der Waals surface area contributed by atoms with E-state index < -0.39 is 5.54 Å². The second-order valence-corrected chi connectivity index (χ2v) is 11.6. The first-order valence-electron chi connectivity index (χ1n) is 15.5. The molecule has 7 rings (SSSR count). The molecule has 1 saturated carbocycles. The number of anilines is 2. The predicted octanol–water partition coefficient (Wildman–Crippen LogP) is 7.50. The van der Waals surface area contributed by atoms with Crippen LogP contribution in [0.25, 0.3) is 10.9 Å². The molecule has 0 aliphatic heterocycles. The summed E-state index contributed by atoms with van der Waals surface area (Å²) in [5.74, 6) is 0.731. The summed E-state index contributed by atoms with van der Waals surface area (Å²) in [5, 5.41) is 14.8. The van der Waals surface area contributed by atoms with Gasteiger partial charge in [-0.2, -0.15) is 5.10 Å². The fraction of sp³-hybridized carbons (Fsp3) is 0.158. The molecule has 2 heterocycles. The minimum atomic E-state index is -0.937. The van der Waals surface area contributed by atoms with Crippen LogP contribution in [0.4, 0.5) is 16.4 Å². The van der Waals surface area contributed by atoms with Gasteiger partial charge in [-0.1, -0.05) is 121 Å². The maximum Gasteiger partial charge on any atom is 0.320 e. The second kappa shape index (κ2) is 12.3. The minimum absolute atomic E-state index is 0.00785. The number of urea groups is 1. The summed E-state index contributed by atoms with van der Waals surface area (Å²) >= 11 is 0. The van der Waals surface area contributed by atoms with Gasteiger partial charge in [0.05, 0.1) is 16.9 Å². The predicted molar refractivity (Wildman–Crippen MR) is 180 cm³/mol. The van der Waals surface area contributed by atoms with Gasteiger partial charge in [0.25, 0.3) is 0 Å². The molecule has 46 heavy (non-hydrogen) atoms. The average Bonchev–Trinajstić information content (AvgIpc) is 3.90. The number of carbonyl (C=O) groups is 2. The minimum Gasteiger partial charge on any atom is -0.331 e. The van der Waals surface area contributed by atoms with Crippen LogP contribution in [0, 0.1) is 5.92 Å². The highest BCUT2D eigenvalue weighted by Gasteiger charge is 2.41. The number of amides is 3. The van der Waals surface area contributed by atoms with E-state index in [1.165, 1.54) is 0 Å². The van der Waals surface area contributed by atoms with Crippen LogP contribution in [0.3, 0.4) is 0 Å². The number of hydrogen-bond acceptors (Lipinski definition) is 4. The van der Waals surface area contributed by atoms with Crippen molar-refractivity contribution in [1.29, 1.82) is 0 Å². The van der Waals surface area contributed by atoms with Crippen LogP contribution < -0.4 is 16.0 Å². The Balaban J connectivity index is 1.40. The molecule has 6 aromatic rings. The van der Waals surface area contributed by atoms with Crippen molar-refractivity contribution < 1.29 is 9.59 Å². The van der Waals surface area contributed by atoms with Crippen LogP contribution in [0.15, 0.2) is 134 Å². The van der Waals surface area contributed by atoms with E-state index in [0.717, 1.165) is 35.1 Å². The number of carbonyl (C=O) groups excluding carboxylic acids is 2. The summed E-state index contributed by atoms with van der Waals surface area (Å²) in [6.07, 6.45) is 3.41. The van der Waals surface area contributed by atoms with Crippen LogP contribution in [0.2, 0.25) is 0 Å². The average molecular weight is 607 g/mol. The molecule has 4 aromatic carbocycles. The maximum absolute atomic E-state index is 13.2. The molecular weight excluding hydrogens is 572 g/mol. The van der Waals surface area contributed by atoms with Crippen molar-refractivity contribution in [2.75, 3.05) is 10.6 Å². The van der Waals surface area contributed by atoms with Crippen molar-refractivity contribution in [3.63, 3.8) is 0 Å².